The van der Waals surface area contributed by atoms with Gasteiger partial charge in [0.05, 0.1) is 19.4 Å². The number of piperazine rings is 1. The summed E-state index contributed by atoms with van der Waals surface area (Å²) < 4.78 is 10.6. The van der Waals surface area contributed by atoms with Crippen LogP contribution in [0.3, 0.4) is 0 Å². The Balaban J connectivity index is 1.56. The summed E-state index contributed by atoms with van der Waals surface area (Å²) in [6.45, 7) is 8.77. The molecule has 0 spiro atoms. The van der Waals surface area contributed by atoms with Crippen molar-refractivity contribution in [3.63, 3.8) is 0 Å². The van der Waals surface area contributed by atoms with Crippen molar-refractivity contribution in [2.75, 3.05) is 40.3 Å². The van der Waals surface area contributed by atoms with E-state index < -0.39 is 0 Å². The number of carbonyl (C=O) groups is 2. The van der Waals surface area contributed by atoms with Gasteiger partial charge in [-0.3, -0.25) is 14.5 Å². The van der Waals surface area contributed by atoms with Gasteiger partial charge >= 0.3 is 0 Å². The second-order valence-electron chi connectivity index (χ2n) is 7.95. The molecule has 162 valence electrons. The summed E-state index contributed by atoms with van der Waals surface area (Å²) in [5.41, 5.74) is 3.34. The molecule has 30 heavy (non-hydrogen) atoms. The molecule has 7 nitrogen and oxygen atoms in total. The van der Waals surface area contributed by atoms with Crippen molar-refractivity contribution in [2.45, 2.75) is 33.4 Å². The molecule has 1 saturated heterocycles. The van der Waals surface area contributed by atoms with Crippen molar-refractivity contribution in [3.05, 3.63) is 53.0 Å². The Hall–Kier alpha value is -2.80. The van der Waals surface area contributed by atoms with Gasteiger partial charge in [-0.05, 0) is 56.6 Å². The maximum atomic E-state index is 13.0. The molecule has 1 aliphatic heterocycles. The molecule has 0 bridgehead atoms. The number of hydrogen-bond acceptors (Lipinski definition) is 5. The molecule has 2 heterocycles. The van der Waals surface area contributed by atoms with Gasteiger partial charge in [-0.25, -0.2) is 0 Å². The minimum atomic E-state index is -0.250. The first-order chi connectivity index (χ1) is 14.3. The zero-order chi connectivity index (χ0) is 21.8. The van der Waals surface area contributed by atoms with Crippen molar-refractivity contribution in [1.29, 1.82) is 0 Å². The summed E-state index contributed by atoms with van der Waals surface area (Å²) in [6, 6.07) is 7.34. The lowest BCUT2D eigenvalue weighted by molar-refractivity contribution is -0.137. The number of benzene rings is 1. The van der Waals surface area contributed by atoms with E-state index in [-0.39, 0.29) is 17.9 Å². The summed E-state index contributed by atoms with van der Waals surface area (Å²) in [6.07, 6.45) is 1.50. The fourth-order valence-electron chi connectivity index (χ4n) is 4.02. The molecule has 2 amide bonds. The maximum Gasteiger partial charge on any atom is 0.289 e. The Kier molecular flexibility index (Phi) is 6.82. The molecule has 1 atom stereocenters. The van der Waals surface area contributed by atoms with E-state index in [1.54, 1.807) is 24.1 Å². The van der Waals surface area contributed by atoms with Gasteiger partial charge < -0.3 is 19.0 Å². The highest BCUT2D eigenvalue weighted by Crippen LogP contribution is 2.25. The smallest absolute Gasteiger partial charge is 0.289 e. The highest BCUT2D eigenvalue weighted by Gasteiger charge is 2.29. The Labute approximate surface area is 178 Å². The van der Waals surface area contributed by atoms with Crippen LogP contribution in [0, 0.1) is 13.8 Å². The van der Waals surface area contributed by atoms with Gasteiger partial charge in [0.2, 0.25) is 5.91 Å². The molecule has 0 saturated carbocycles. The van der Waals surface area contributed by atoms with Gasteiger partial charge in [0.15, 0.2) is 5.76 Å². The van der Waals surface area contributed by atoms with E-state index in [1.165, 1.54) is 6.26 Å². The number of hydrogen-bond donors (Lipinski definition) is 0. The van der Waals surface area contributed by atoms with E-state index in [4.69, 9.17) is 9.15 Å². The molecule has 0 radical (unpaired) electrons. The zero-order valence-corrected chi connectivity index (χ0v) is 18.5. The third kappa shape index (κ3) is 4.67. The highest BCUT2D eigenvalue weighted by molar-refractivity contribution is 5.91. The molecule has 2 aromatic rings. The van der Waals surface area contributed by atoms with Crippen molar-refractivity contribution in [3.8, 4) is 5.75 Å². The fraction of sp³-hybridized carbons (Fsp3) is 0.478. The second kappa shape index (κ2) is 9.34. The van der Waals surface area contributed by atoms with Crippen LogP contribution in [-0.2, 0) is 11.3 Å². The van der Waals surface area contributed by atoms with Gasteiger partial charge in [-0.15, -0.1) is 0 Å². The van der Waals surface area contributed by atoms with Gasteiger partial charge in [0.1, 0.15) is 5.75 Å². The number of carbonyl (C=O) groups excluding carboxylic acids is 2. The summed E-state index contributed by atoms with van der Waals surface area (Å²) in [7, 11) is 3.65. The standard InChI is InChI=1S/C23H31N3O4/c1-16-13-19(14-17(2)21(16)29-5)15-24(4)18(3)22(27)25-8-10-26(11-9-25)23(28)20-7-6-12-30-20/h6-7,12-14,18H,8-11,15H2,1-5H3. The number of nitrogens with zero attached hydrogens (tertiary/aromatic N) is 3. The molecule has 0 N–H and O–H groups in total. The lowest BCUT2D eigenvalue weighted by Crippen LogP contribution is -2.54. The SMILES string of the molecule is COc1c(C)cc(CN(C)C(C)C(=O)N2CCN(C(=O)c3ccco3)CC2)cc1C. The van der Waals surface area contributed by atoms with E-state index in [0.29, 0.717) is 38.5 Å². The predicted molar refractivity (Wildman–Crippen MR) is 115 cm³/mol. The number of likely N-dealkylation sites (N-methyl/N-ethyl adjacent to an activating group) is 1. The largest absolute Gasteiger partial charge is 0.496 e. The van der Waals surface area contributed by atoms with E-state index in [9.17, 15) is 9.59 Å². The summed E-state index contributed by atoms with van der Waals surface area (Å²) in [5.74, 6) is 1.22. The molecule has 0 aliphatic carbocycles. The van der Waals surface area contributed by atoms with Crippen LogP contribution >= 0.6 is 0 Å². The minimum Gasteiger partial charge on any atom is -0.496 e. The van der Waals surface area contributed by atoms with E-state index >= 15 is 0 Å². The molecule has 1 aromatic heterocycles. The monoisotopic (exact) mass is 413 g/mol. The summed E-state index contributed by atoms with van der Waals surface area (Å²) >= 11 is 0. The van der Waals surface area contributed by atoms with Crippen LogP contribution in [0.5, 0.6) is 5.75 Å². The predicted octanol–water partition coefficient (Wildman–Crippen LogP) is 2.71. The molecule has 1 aromatic carbocycles. The van der Waals surface area contributed by atoms with E-state index in [0.717, 1.165) is 22.4 Å². The van der Waals surface area contributed by atoms with Crippen molar-refractivity contribution in [2.24, 2.45) is 0 Å². The van der Waals surface area contributed by atoms with Crippen LogP contribution in [-0.4, -0.2) is 72.9 Å². The van der Waals surface area contributed by atoms with Crippen LogP contribution in [0.4, 0.5) is 0 Å². The molecule has 1 unspecified atom stereocenters. The topological polar surface area (TPSA) is 66.2 Å². The third-order valence-electron chi connectivity index (χ3n) is 5.79. The highest BCUT2D eigenvalue weighted by atomic mass is 16.5. The molecule has 7 heteroatoms. The van der Waals surface area contributed by atoms with Crippen molar-refractivity contribution >= 4 is 11.8 Å². The van der Waals surface area contributed by atoms with E-state index in [2.05, 4.69) is 17.0 Å². The van der Waals surface area contributed by atoms with Crippen LogP contribution in [0.1, 0.15) is 34.2 Å². The number of methoxy groups -OCH3 is 1. The Morgan fingerprint density at radius 2 is 1.73 bits per heavy atom. The van der Waals surface area contributed by atoms with Crippen molar-refractivity contribution < 1.29 is 18.7 Å². The quantitative estimate of drug-likeness (QED) is 0.729. The van der Waals surface area contributed by atoms with Crippen LogP contribution in [0.25, 0.3) is 0 Å². The van der Waals surface area contributed by atoms with Crippen LogP contribution in [0.15, 0.2) is 34.9 Å². The Morgan fingerprint density at radius 1 is 1.13 bits per heavy atom. The first-order valence-electron chi connectivity index (χ1n) is 10.3. The Bertz CT molecular complexity index is 863. The van der Waals surface area contributed by atoms with Crippen molar-refractivity contribution in [1.82, 2.24) is 14.7 Å². The molecule has 1 aliphatic rings. The average Bonchev–Trinajstić information content (AvgIpc) is 3.27. The normalized spacial score (nSPS) is 15.4. The number of rotatable bonds is 6. The number of furan rings is 1. The maximum absolute atomic E-state index is 13.0. The second-order valence-corrected chi connectivity index (χ2v) is 7.95. The molecular weight excluding hydrogens is 382 g/mol. The first kappa shape index (κ1) is 21.9. The third-order valence-corrected chi connectivity index (χ3v) is 5.79. The number of aryl methyl sites for hydroxylation is 2. The molecular formula is C23H31N3O4. The van der Waals surface area contributed by atoms with E-state index in [1.807, 2.05) is 32.7 Å². The van der Waals surface area contributed by atoms with Crippen LogP contribution in [0.2, 0.25) is 0 Å². The molecule has 3 rings (SSSR count). The number of ether oxygens (including phenoxy) is 1. The first-order valence-corrected chi connectivity index (χ1v) is 10.3. The fourth-order valence-corrected chi connectivity index (χ4v) is 4.02. The van der Waals surface area contributed by atoms with Gasteiger partial charge in [0.25, 0.3) is 5.91 Å². The van der Waals surface area contributed by atoms with Gasteiger partial charge in [-0.1, -0.05) is 12.1 Å². The zero-order valence-electron chi connectivity index (χ0n) is 18.5. The summed E-state index contributed by atoms with van der Waals surface area (Å²) in [5, 5.41) is 0. The molecule has 1 fully saturated rings. The van der Waals surface area contributed by atoms with Crippen LogP contribution < -0.4 is 4.74 Å². The number of amides is 2. The average molecular weight is 414 g/mol. The lowest BCUT2D eigenvalue weighted by Gasteiger charge is -2.37. The van der Waals surface area contributed by atoms with Gasteiger partial charge in [0, 0.05) is 32.7 Å². The summed E-state index contributed by atoms with van der Waals surface area (Å²) in [4.78, 5) is 31.0. The lowest BCUT2D eigenvalue weighted by atomic mass is 10.0. The van der Waals surface area contributed by atoms with Gasteiger partial charge in [-0.2, -0.15) is 0 Å². The Morgan fingerprint density at radius 3 is 2.27 bits per heavy atom. The minimum absolute atomic E-state index is 0.0875.